The Hall–Kier alpha value is -3.27. The summed E-state index contributed by atoms with van der Waals surface area (Å²) >= 11 is 1.38. The monoisotopic (exact) mass is 325 g/mol. The highest BCUT2D eigenvalue weighted by atomic mass is 32.1. The van der Waals surface area contributed by atoms with Crippen LogP contribution in [0.15, 0.2) is 45.4 Å². The molecule has 23 heavy (non-hydrogen) atoms. The molecule has 4 heterocycles. The first-order valence-electron chi connectivity index (χ1n) is 6.42. The van der Waals surface area contributed by atoms with Crippen LogP contribution in [0, 0.1) is 0 Å². The first kappa shape index (κ1) is 13.4. The minimum Gasteiger partial charge on any atom is -0.413 e. The molecule has 0 spiro atoms. The number of aromatic nitrogens is 7. The third-order valence-corrected chi connectivity index (χ3v) is 3.63. The van der Waals surface area contributed by atoms with Gasteiger partial charge in [-0.25, -0.2) is 19.9 Å². The van der Waals surface area contributed by atoms with Crippen molar-refractivity contribution in [2.45, 2.75) is 0 Å². The lowest BCUT2D eigenvalue weighted by atomic mass is 10.3. The lowest BCUT2D eigenvalue weighted by molar-refractivity contribution is 0.578. The van der Waals surface area contributed by atoms with E-state index in [0.717, 1.165) is 0 Å². The molecule has 0 radical (unpaired) electrons. The zero-order chi connectivity index (χ0) is 15.6. The molecule has 0 saturated carbocycles. The van der Waals surface area contributed by atoms with Gasteiger partial charge in [0, 0.05) is 30.2 Å². The summed E-state index contributed by atoms with van der Waals surface area (Å²) in [5, 5.41) is 10.1. The summed E-state index contributed by atoms with van der Waals surface area (Å²) in [6, 6.07) is 1.67. The zero-order valence-corrected chi connectivity index (χ0v) is 12.2. The van der Waals surface area contributed by atoms with Crippen LogP contribution in [-0.2, 0) is 0 Å². The summed E-state index contributed by atoms with van der Waals surface area (Å²) < 4.78 is 5.45. The molecular weight excluding hydrogens is 318 g/mol. The zero-order valence-electron chi connectivity index (χ0n) is 11.4. The van der Waals surface area contributed by atoms with E-state index < -0.39 is 5.56 Å². The van der Waals surface area contributed by atoms with Crippen LogP contribution in [-0.4, -0.2) is 35.1 Å². The van der Waals surface area contributed by atoms with E-state index in [4.69, 9.17) is 4.42 Å². The van der Waals surface area contributed by atoms with Crippen LogP contribution in [0.25, 0.3) is 34.0 Å². The van der Waals surface area contributed by atoms with Gasteiger partial charge in [0.2, 0.25) is 5.82 Å². The van der Waals surface area contributed by atoms with Gasteiger partial charge >= 0.3 is 0 Å². The normalized spacial score (nSPS) is 10.8. The summed E-state index contributed by atoms with van der Waals surface area (Å²) in [6.45, 7) is 0. The molecule has 0 aliphatic carbocycles. The van der Waals surface area contributed by atoms with E-state index in [9.17, 15) is 4.79 Å². The molecule has 4 aromatic rings. The van der Waals surface area contributed by atoms with E-state index >= 15 is 0 Å². The second-order valence-electron chi connectivity index (χ2n) is 4.30. The molecule has 0 bridgehead atoms. The maximum atomic E-state index is 12.2. The van der Waals surface area contributed by atoms with Crippen LogP contribution >= 0.6 is 11.3 Å². The maximum absolute atomic E-state index is 12.2. The molecule has 1 N–H and O–H groups in total. The molecule has 0 fully saturated rings. The van der Waals surface area contributed by atoms with Crippen LogP contribution in [0.2, 0.25) is 0 Å². The van der Waals surface area contributed by atoms with Gasteiger partial charge in [-0.3, -0.25) is 4.79 Å². The summed E-state index contributed by atoms with van der Waals surface area (Å²) in [6.07, 6.45) is 6.13. The van der Waals surface area contributed by atoms with E-state index in [-0.39, 0.29) is 23.2 Å². The standard InChI is InChI=1S/C13H7N7O2S/c21-10-7(6-17-9(18-10)13-16-4-5-23-13)11-19-20-12(22-11)8-14-2-1-3-15-8/h1-6H,(H,17,18,21). The van der Waals surface area contributed by atoms with E-state index in [0.29, 0.717) is 10.8 Å². The van der Waals surface area contributed by atoms with Crippen molar-refractivity contribution in [2.24, 2.45) is 0 Å². The van der Waals surface area contributed by atoms with Gasteiger partial charge in [0.1, 0.15) is 5.56 Å². The molecule has 0 aliphatic heterocycles. The van der Waals surface area contributed by atoms with Crippen LogP contribution in [0.3, 0.4) is 0 Å². The van der Waals surface area contributed by atoms with Gasteiger partial charge in [0.05, 0.1) is 0 Å². The highest BCUT2D eigenvalue weighted by Gasteiger charge is 2.16. The third kappa shape index (κ3) is 2.51. The van der Waals surface area contributed by atoms with Crippen molar-refractivity contribution < 1.29 is 4.42 Å². The molecule has 0 atom stereocenters. The minimum atomic E-state index is -0.394. The van der Waals surface area contributed by atoms with Gasteiger partial charge in [-0.05, 0) is 6.07 Å². The minimum absolute atomic E-state index is 0.0480. The SMILES string of the molecule is O=c1[nH]c(-c2nccs2)ncc1-c1nnc(-c2ncccn2)o1. The van der Waals surface area contributed by atoms with E-state index in [1.165, 1.54) is 17.5 Å². The fourth-order valence-electron chi connectivity index (χ4n) is 1.83. The molecule has 0 aliphatic rings. The number of thiazole rings is 1. The maximum Gasteiger partial charge on any atom is 0.286 e. The van der Waals surface area contributed by atoms with E-state index in [2.05, 4.69) is 35.1 Å². The second-order valence-corrected chi connectivity index (χ2v) is 5.19. The summed E-state index contributed by atoms with van der Waals surface area (Å²) in [7, 11) is 0. The van der Waals surface area contributed by atoms with Crippen LogP contribution < -0.4 is 5.56 Å². The summed E-state index contributed by atoms with van der Waals surface area (Å²) in [5.41, 5.74) is -0.227. The summed E-state index contributed by atoms with van der Waals surface area (Å²) in [4.78, 5) is 31.1. The lowest BCUT2D eigenvalue weighted by Crippen LogP contribution is -2.11. The van der Waals surface area contributed by atoms with Crippen molar-refractivity contribution in [1.29, 1.82) is 0 Å². The predicted octanol–water partition coefficient (Wildman–Crippen LogP) is 1.40. The number of aromatic amines is 1. The van der Waals surface area contributed by atoms with Crippen molar-refractivity contribution in [3.05, 3.63) is 46.6 Å². The first-order valence-corrected chi connectivity index (χ1v) is 7.29. The molecule has 0 unspecified atom stereocenters. The average molecular weight is 325 g/mol. The number of rotatable bonds is 3. The van der Waals surface area contributed by atoms with E-state index in [1.54, 1.807) is 30.0 Å². The molecule has 4 rings (SSSR count). The van der Waals surface area contributed by atoms with Crippen LogP contribution in [0.5, 0.6) is 0 Å². The Kier molecular flexibility index (Phi) is 3.20. The lowest BCUT2D eigenvalue weighted by Gasteiger charge is -1.97. The van der Waals surface area contributed by atoms with Crippen molar-refractivity contribution in [2.75, 3.05) is 0 Å². The number of nitrogens with one attached hydrogen (secondary N) is 1. The fraction of sp³-hybridized carbons (Fsp3) is 0. The van der Waals surface area contributed by atoms with Crippen molar-refractivity contribution >= 4 is 11.3 Å². The van der Waals surface area contributed by atoms with Gasteiger partial charge in [-0.15, -0.1) is 21.5 Å². The Morgan fingerprint density at radius 2 is 1.83 bits per heavy atom. The fourth-order valence-corrected chi connectivity index (χ4v) is 2.42. The number of hydrogen-bond donors (Lipinski definition) is 1. The quantitative estimate of drug-likeness (QED) is 0.599. The van der Waals surface area contributed by atoms with Gasteiger partial charge in [-0.1, -0.05) is 0 Å². The van der Waals surface area contributed by atoms with Gasteiger partial charge < -0.3 is 9.40 Å². The molecule has 4 aromatic heterocycles. The van der Waals surface area contributed by atoms with Gasteiger partial charge in [0.25, 0.3) is 17.3 Å². The Morgan fingerprint density at radius 3 is 2.57 bits per heavy atom. The predicted molar refractivity (Wildman–Crippen MR) is 80.3 cm³/mol. The smallest absolute Gasteiger partial charge is 0.286 e. The largest absolute Gasteiger partial charge is 0.413 e. The van der Waals surface area contributed by atoms with Gasteiger partial charge in [-0.2, -0.15) is 0 Å². The third-order valence-electron chi connectivity index (χ3n) is 2.85. The molecule has 0 saturated heterocycles. The first-order chi connectivity index (χ1) is 11.3. The van der Waals surface area contributed by atoms with Crippen molar-refractivity contribution in [1.82, 2.24) is 35.1 Å². The molecule has 9 nitrogen and oxygen atoms in total. The molecule has 10 heteroatoms. The summed E-state index contributed by atoms with van der Waals surface area (Å²) in [5.74, 6) is 0.853. The highest BCUT2D eigenvalue weighted by molar-refractivity contribution is 7.12. The Bertz CT molecular complexity index is 995. The highest BCUT2D eigenvalue weighted by Crippen LogP contribution is 2.20. The van der Waals surface area contributed by atoms with Crippen LogP contribution in [0.1, 0.15) is 0 Å². The Morgan fingerprint density at radius 1 is 1.00 bits per heavy atom. The number of hydrogen-bond acceptors (Lipinski definition) is 9. The second kappa shape index (κ2) is 5.50. The number of nitrogens with zero attached hydrogens (tertiary/aromatic N) is 6. The molecule has 112 valence electrons. The Balaban J connectivity index is 1.72. The number of H-pyrrole nitrogens is 1. The molecular formula is C13H7N7O2S. The Labute approximate surface area is 132 Å². The van der Waals surface area contributed by atoms with E-state index in [1.807, 2.05) is 0 Å². The van der Waals surface area contributed by atoms with Crippen molar-refractivity contribution in [3.63, 3.8) is 0 Å². The topological polar surface area (TPSA) is 123 Å². The van der Waals surface area contributed by atoms with Gasteiger partial charge in [0.15, 0.2) is 10.8 Å². The van der Waals surface area contributed by atoms with Crippen LogP contribution in [0.4, 0.5) is 0 Å². The van der Waals surface area contributed by atoms with Crippen molar-refractivity contribution in [3.8, 4) is 34.0 Å². The molecule has 0 aromatic carbocycles. The molecule has 0 amide bonds. The average Bonchev–Trinajstić information content (AvgIpc) is 3.27.